The first-order chi connectivity index (χ1) is 12.9. The third-order valence-corrected chi connectivity index (χ3v) is 4.70. The van der Waals surface area contributed by atoms with E-state index >= 15 is 0 Å². The van der Waals surface area contributed by atoms with E-state index in [9.17, 15) is 9.59 Å². The van der Waals surface area contributed by atoms with E-state index in [1.807, 2.05) is 62.4 Å². The molecule has 0 saturated carbocycles. The summed E-state index contributed by atoms with van der Waals surface area (Å²) in [6.07, 6.45) is 0.773. The number of hydrogen-bond donors (Lipinski definition) is 1. The second-order valence-electron chi connectivity index (χ2n) is 6.54. The number of nitrogens with zero attached hydrogens (tertiary/aromatic N) is 2. The number of carbonyl (C=O) groups excluding carboxylic acids is 2. The molecule has 5 heteroatoms. The highest BCUT2D eigenvalue weighted by atomic mass is 16.2. The van der Waals surface area contributed by atoms with Crippen LogP contribution in [-0.2, 0) is 11.2 Å². The second-order valence-corrected chi connectivity index (χ2v) is 6.54. The lowest BCUT2D eigenvalue weighted by atomic mass is 10.0. The summed E-state index contributed by atoms with van der Waals surface area (Å²) in [5.41, 5.74) is 5.04. The highest BCUT2D eigenvalue weighted by Gasteiger charge is 2.25. The molecule has 0 spiro atoms. The van der Waals surface area contributed by atoms with Crippen molar-refractivity contribution in [2.75, 3.05) is 5.32 Å². The molecule has 5 nitrogen and oxygen atoms in total. The number of Topliss-reactive ketones (excluding diaryl/α,β-unsaturated/α-hetero) is 1. The maximum Gasteiger partial charge on any atom is 0.296 e. The summed E-state index contributed by atoms with van der Waals surface area (Å²) >= 11 is 0. The highest BCUT2D eigenvalue weighted by molar-refractivity contribution is 6.47. The van der Waals surface area contributed by atoms with Crippen molar-refractivity contribution < 1.29 is 9.59 Å². The van der Waals surface area contributed by atoms with Gasteiger partial charge in [-0.2, -0.15) is 5.10 Å². The third kappa shape index (κ3) is 3.53. The van der Waals surface area contributed by atoms with Crippen molar-refractivity contribution in [3.05, 3.63) is 76.6 Å². The number of para-hydroxylation sites is 2. The van der Waals surface area contributed by atoms with Gasteiger partial charge in [-0.25, -0.2) is 4.68 Å². The highest BCUT2D eigenvalue weighted by Crippen LogP contribution is 2.23. The first-order valence-electron chi connectivity index (χ1n) is 8.99. The zero-order valence-electron chi connectivity index (χ0n) is 16.0. The van der Waals surface area contributed by atoms with E-state index < -0.39 is 11.7 Å². The summed E-state index contributed by atoms with van der Waals surface area (Å²) < 4.78 is 1.70. The second kappa shape index (κ2) is 7.58. The van der Waals surface area contributed by atoms with Crippen molar-refractivity contribution in [3.63, 3.8) is 0 Å². The van der Waals surface area contributed by atoms with Crippen molar-refractivity contribution in [3.8, 4) is 5.69 Å². The van der Waals surface area contributed by atoms with Crippen LogP contribution < -0.4 is 5.32 Å². The number of carbonyl (C=O) groups is 2. The average molecular weight is 361 g/mol. The molecule has 1 aromatic heterocycles. The Labute approximate surface area is 159 Å². The molecule has 0 aliphatic rings. The number of anilines is 1. The van der Waals surface area contributed by atoms with Crippen LogP contribution in [0.1, 0.15) is 39.8 Å². The number of nitrogens with one attached hydrogen (secondary N) is 1. The summed E-state index contributed by atoms with van der Waals surface area (Å²) in [7, 11) is 0. The van der Waals surface area contributed by atoms with Crippen molar-refractivity contribution in [2.45, 2.75) is 34.1 Å². The molecule has 2 aromatic carbocycles. The Morgan fingerprint density at radius 2 is 1.70 bits per heavy atom. The average Bonchev–Trinajstić information content (AvgIpc) is 2.97. The quantitative estimate of drug-likeness (QED) is 0.548. The summed E-state index contributed by atoms with van der Waals surface area (Å²) in [5.74, 6) is -1.21. The lowest BCUT2D eigenvalue weighted by Crippen LogP contribution is -2.25. The Hall–Kier alpha value is -3.21. The van der Waals surface area contributed by atoms with Gasteiger partial charge < -0.3 is 5.32 Å². The van der Waals surface area contributed by atoms with Gasteiger partial charge in [-0.1, -0.05) is 43.3 Å². The first-order valence-corrected chi connectivity index (χ1v) is 8.99. The van der Waals surface area contributed by atoms with Crippen molar-refractivity contribution in [1.82, 2.24) is 9.78 Å². The number of benzene rings is 2. The lowest BCUT2D eigenvalue weighted by molar-refractivity contribution is -0.112. The zero-order chi connectivity index (χ0) is 19.6. The van der Waals surface area contributed by atoms with E-state index in [2.05, 4.69) is 10.4 Å². The summed E-state index contributed by atoms with van der Waals surface area (Å²) in [6.45, 7) is 7.49. The molecule has 1 amide bonds. The number of aryl methyl sites for hydroxylation is 3. The van der Waals surface area contributed by atoms with Gasteiger partial charge >= 0.3 is 0 Å². The molecule has 0 fully saturated rings. The van der Waals surface area contributed by atoms with E-state index in [0.717, 1.165) is 23.2 Å². The van der Waals surface area contributed by atoms with E-state index in [0.29, 0.717) is 22.6 Å². The van der Waals surface area contributed by atoms with Crippen molar-refractivity contribution in [2.24, 2.45) is 0 Å². The molecular weight excluding hydrogens is 338 g/mol. The normalized spacial score (nSPS) is 10.7. The fourth-order valence-electron chi connectivity index (χ4n) is 3.28. The van der Waals surface area contributed by atoms with Crippen LogP contribution in [0.4, 0.5) is 5.69 Å². The molecule has 0 radical (unpaired) electrons. The van der Waals surface area contributed by atoms with Crippen LogP contribution in [-0.4, -0.2) is 21.5 Å². The molecule has 1 N–H and O–H groups in total. The number of rotatable bonds is 5. The van der Waals surface area contributed by atoms with Crippen molar-refractivity contribution >= 4 is 17.4 Å². The smallest absolute Gasteiger partial charge is 0.296 e. The SMILES string of the molecule is CCc1cccc(C)c1NC(=O)C(=O)c1c(C)nn(-c2ccccc2)c1C. The van der Waals surface area contributed by atoms with Gasteiger partial charge in [-0.05, 0) is 50.5 Å². The Balaban J connectivity index is 1.93. The summed E-state index contributed by atoms with van der Waals surface area (Å²) in [6, 6.07) is 15.4. The van der Waals surface area contributed by atoms with Gasteiger partial charge in [-0.15, -0.1) is 0 Å². The molecule has 0 saturated heterocycles. The maximum atomic E-state index is 12.9. The number of amides is 1. The minimum Gasteiger partial charge on any atom is -0.319 e. The van der Waals surface area contributed by atoms with E-state index in [-0.39, 0.29) is 0 Å². The molecule has 3 rings (SSSR count). The van der Waals surface area contributed by atoms with Crippen LogP contribution in [0.2, 0.25) is 0 Å². The summed E-state index contributed by atoms with van der Waals surface area (Å²) in [5, 5.41) is 7.26. The van der Waals surface area contributed by atoms with Crippen molar-refractivity contribution in [1.29, 1.82) is 0 Å². The minimum absolute atomic E-state index is 0.350. The Morgan fingerprint density at radius 3 is 2.37 bits per heavy atom. The monoisotopic (exact) mass is 361 g/mol. The maximum absolute atomic E-state index is 12.9. The molecule has 1 heterocycles. The molecule has 3 aromatic rings. The molecule has 0 atom stereocenters. The van der Waals surface area contributed by atoms with Gasteiger partial charge in [0, 0.05) is 5.69 Å². The topological polar surface area (TPSA) is 64.0 Å². The van der Waals surface area contributed by atoms with Crippen LogP contribution >= 0.6 is 0 Å². The zero-order valence-corrected chi connectivity index (χ0v) is 16.0. The standard InChI is InChI=1S/C22H23N3O2/c1-5-17-11-9-10-14(2)20(17)23-22(27)21(26)19-15(3)24-25(16(19)4)18-12-7-6-8-13-18/h6-13H,5H2,1-4H3,(H,23,27). The number of aromatic nitrogens is 2. The van der Waals surface area contributed by atoms with Gasteiger partial charge in [0.2, 0.25) is 0 Å². The minimum atomic E-state index is -0.641. The third-order valence-electron chi connectivity index (χ3n) is 4.70. The van der Waals surface area contributed by atoms with E-state index in [1.165, 1.54) is 0 Å². The van der Waals surface area contributed by atoms with E-state index in [1.54, 1.807) is 18.5 Å². The molecular formula is C22H23N3O2. The fourth-order valence-corrected chi connectivity index (χ4v) is 3.28. The van der Waals surface area contributed by atoms with Gasteiger partial charge in [-0.3, -0.25) is 9.59 Å². The number of ketones is 1. The van der Waals surface area contributed by atoms with Gasteiger partial charge in [0.05, 0.1) is 22.6 Å². The van der Waals surface area contributed by atoms with Crippen LogP contribution in [0.25, 0.3) is 5.69 Å². The fraction of sp³-hybridized carbons (Fsp3) is 0.227. The van der Waals surface area contributed by atoms with Crippen LogP contribution in [0.3, 0.4) is 0 Å². The lowest BCUT2D eigenvalue weighted by Gasteiger charge is -2.12. The van der Waals surface area contributed by atoms with E-state index in [4.69, 9.17) is 0 Å². The van der Waals surface area contributed by atoms with Crippen LogP contribution in [0.15, 0.2) is 48.5 Å². The Kier molecular flexibility index (Phi) is 5.21. The molecule has 0 unspecified atom stereocenters. The molecule has 0 bridgehead atoms. The van der Waals surface area contributed by atoms with Crippen LogP contribution in [0, 0.1) is 20.8 Å². The molecule has 27 heavy (non-hydrogen) atoms. The predicted octanol–water partition coefficient (Wildman–Crippen LogP) is 4.18. The largest absolute Gasteiger partial charge is 0.319 e. The molecule has 0 aliphatic heterocycles. The summed E-state index contributed by atoms with van der Waals surface area (Å²) in [4.78, 5) is 25.6. The first kappa shape index (κ1) is 18.6. The van der Waals surface area contributed by atoms with Gasteiger partial charge in [0.1, 0.15) is 0 Å². The Bertz CT molecular complexity index is 1000. The number of hydrogen-bond acceptors (Lipinski definition) is 3. The van der Waals surface area contributed by atoms with Gasteiger partial charge in [0.15, 0.2) is 0 Å². The molecule has 138 valence electrons. The van der Waals surface area contributed by atoms with Gasteiger partial charge in [0.25, 0.3) is 11.7 Å². The predicted molar refractivity (Wildman–Crippen MR) is 107 cm³/mol. The Morgan fingerprint density at radius 1 is 1.00 bits per heavy atom. The van der Waals surface area contributed by atoms with Crippen LogP contribution in [0.5, 0.6) is 0 Å². The molecule has 0 aliphatic carbocycles.